The van der Waals surface area contributed by atoms with Crippen LogP contribution in [0.4, 0.5) is 0 Å². The highest BCUT2D eigenvalue weighted by molar-refractivity contribution is 7.99. The molecule has 1 atom stereocenters. The van der Waals surface area contributed by atoms with Gasteiger partial charge in [0.15, 0.2) is 5.16 Å². The van der Waals surface area contributed by atoms with E-state index in [-0.39, 0.29) is 5.56 Å². The first-order chi connectivity index (χ1) is 9.22. The van der Waals surface area contributed by atoms with Gasteiger partial charge in [-0.2, -0.15) is 5.26 Å². The van der Waals surface area contributed by atoms with Crippen LogP contribution in [0.5, 0.6) is 0 Å². The molecular weight excluding hydrogens is 260 g/mol. The molecule has 2 aliphatic carbocycles. The Labute approximate surface area is 115 Å². The SMILES string of the molecule is N#CC(CSc1nccc(=O)[nH]1)(NC1CC1)C1CC1. The summed E-state index contributed by atoms with van der Waals surface area (Å²) in [6.07, 6.45) is 6.07. The van der Waals surface area contributed by atoms with Gasteiger partial charge in [-0.25, -0.2) is 4.98 Å². The standard InChI is InChI=1S/C13H16N4OS/c14-7-13(9-1-2-9,17-10-3-4-10)8-19-12-15-6-5-11(18)16-12/h5-6,9-10,17H,1-4,8H2,(H,15,16,18). The Morgan fingerprint density at radius 1 is 1.53 bits per heavy atom. The maximum Gasteiger partial charge on any atom is 0.251 e. The monoisotopic (exact) mass is 276 g/mol. The summed E-state index contributed by atoms with van der Waals surface area (Å²) in [7, 11) is 0. The molecule has 1 aromatic rings. The predicted molar refractivity (Wildman–Crippen MR) is 72.8 cm³/mol. The summed E-state index contributed by atoms with van der Waals surface area (Å²) in [5, 5.41) is 13.7. The molecule has 0 aromatic carbocycles. The van der Waals surface area contributed by atoms with Crippen molar-refractivity contribution in [1.29, 1.82) is 5.26 Å². The minimum Gasteiger partial charge on any atom is -0.301 e. The summed E-state index contributed by atoms with van der Waals surface area (Å²) in [4.78, 5) is 18.0. The first kappa shape index (κ1) is 12.7. The second-order valence-corrected chi connectivity index (χ2v) is 6.27. The fourth-order valence-electron chi connectivity index (χ4n) is 2.21. The highest BCUT2D eigenvalue weighted by atomic mass is 32.2. The Hall–Kier alpha value is -1.32. The van der Waals surface area contributed by atoms with Gasteiger partial charge in [0.05, 0.1) is 6.07 Å². The Balaban J connectivity index is 1.70. The van der Waals surface area contributed by atoms with Gasteiger partial charge in [0, 0.05) is 24.1 Å². The quantitative estimate of drug-likeness (QED) is 0.604. The molecule has 0 amide bonds. The van der Waals surface area contributed by atoms with Crippen molar-refractivity contribution in [3.05, 3.63) is 22.6 Å². The van der Waals surface area contributed by atoms with E-state index in [1.807, 2.05) is 0 Å². The van der Waals surface area contributed by atoms with Gasteiger partial charge in [-0.1, -0.05) is 11.8 Å². The lowest BCUT2D eigenvalue weighted by atomic mass is 9.97. The molecular formula is C13H16N4OS. The summed E-state index contributed by atoms with van der Waals surface area (Å²) >= 11 is 1.45. The molecule has 0 radical (unpaired) electrons. The van der Waals surface area contributed by atoms with Gasteiger partial charge < -0.3 is 4.98 Å². The van der Waals surface area contributed by atoms with E-state index in [0.29, 0.717) is 22.9 Å². The van der Waals surface area contributed by atoms with Crippen LogP contribution in [0.3, 0.4) is 0 Å². The van der Waals surface area contributed by atoms with Gasteiger partial charge >= 0.3 is 0 Å². The molecule has 2 aliphatic rings. The van der Waals surface area contributed by atoms with Crippen molar-refractivity contribution in [2.45, 2.75) is 42.4 Å². The van der Waals surface area contributed by atoms with E-state index in [4.69, 9.17) is 0 Å². The lowest BCUT2D eigenvalue weighted by Crippen LogP contribution is -2.49. The highest BCUT2D eigenvalue weighted by Crippen LogP contribution is 2.43. The van der Waals surface area contributed by atoms with Crippen molar-refractivity contribution in [2.75, 3.05) is 5.75 Å². The van der Waals surface area contributed by atoms with Crippen LogP contribution in [0.15, 0.2) is 22.2 Å². The first-order valence-electron chi connectivity index (χ1n) is 6.59. The van der Waals surface area contributed by atoms with Crippen molar-refractivity contribution in [1.82, 2.24) is 15.3 Å². The summed E-state index contributed by atoms with van der Waals surface area (Å²) in [6, 6.07) is 4.38. The van der Waals surface area contributed by atoms with E-state index in [1.165, 1.54) is 36.9 Å². The van der Waals surface area contributed by atoms with Crippen molar-refractivity contribution in [3.8, 4) is 6.07 Å². The highest BCUT2D eigenvalue weighted by Gasteiger charge is 2.48. The van der Waals surface area contributed by atoms with Crippen molar-refractivity contribution < 1.29 is 0 Å². The molecule has 1 unspecified atom stereocenters. The van der Waals surface area contributed by atoms with Gasteiger partial charge in [-0.15, -0.1) is 0 Å². The number of nitrogens with zero attached hydrogens (tertiary/aromatic N) is 2. The molecule has 0 saturated heterocycles. The smallest absolute Gasteiger partial charge is 0.251 e. The van der Waals surface area contributed by atoms with Crippen LogP contribution in [-0.2, 0) is 0 Å². The molecule has 2 N–H and O–H groups in total. The zero-order valence-electron chi connectivity index (χ0n) is 10.6. The molecule has 1 heterocycles. The molecule has 1 aromatic heterocycles. The molecule has 2 saturated carbocycles. The summed E-state index contributed by atoms with van der Waals surface area (Å²) in [6.45, 7) is 0. The van der Waals surface area contributed by atoms with Gasteiger partial charge in [0.2, 0.25) is 0 Å². The molecule has 0 aliphatic heterocycles. The number of nitrogens with one attached hydrogen (secondary N) is 2. The Kier molecular flexibility index (Phi) is 3.33. The lowest BCUT2D eigenvalue weighted by molar-refractivity contribution is 0.401. The predicted octanol–water partition coefficient (Wildman–Crippen LogP) is 1.29. The number of thioether (sulfide) groups is 1. The molecule has 3 rings (SSSR count). The second kappa shape index (κ2) is 4.99. The largest absolute Gasteiger partial charge is 0.301 e. The Morgan fingerprint density at radius 3 is 2.89 bits per heavy atom. The minimum absolute atomic E-state index is 0.151. The van der Waals surface area contributed by atoms with E-state index in [0.717, 1.165) is 12.8 Å². The fourth-order valence-corrected chi connectivity index (χ4v) is 3.26. The molecule has 0 spiro atoms. The van der Waals surface area contributed by atoms with Crippen LogP contribution >= 0.6 is 11.8 Å². The van der Waals surface area contributed by atoms with Crippen LogP contribution in [0.1, 0.15) is 25.7 Å². The van der Waals surface area contributed by atoms with E-state index >= 15 is 0 Å². The third kappa shape index (κ3) is 2.99. The molecule has 2 fully saturated rings. The van der Waals surface area contributed by atoms with Crippen LogP contribution in [0, 0.1) is 17.2 Å². The van der Waals surface area contributed by atoms with Gasteiger partial charge in [0.25, 0.3) is 5.56 Å². The number of aromatic nitrogens is 2. The van der Waals surface area contributed by atoms with Crippen LogP contribution < -0.4 is 10.9 Å². The third-order valence-electron chi connectivity index (χ3n) is 3.60. The normalized spacial score (nSPS) is 21.6. The number of H-pyrrole nitrogens is 1. The van der Waals surface area contributed by atoms with Crippen molar-refractivity contribution in [2.24, 2.45) is 5.92 Å². The molecule has 5 nitrogen and oxygen atoms in total. The zero-order chi connectivity index (χ0) is 13.3. The number of hydrogen-bond acceptors (Lipinski definition) is 5. The van der Waals surface area contributed by atoms with E-state index < -0.39 is 5.54 Å². The molecule has 100 valence electrons. The second-order valence-electron chi connectivity index (χ2n) is 5.30. The summed E-state index contributed by atoms with van der Waals surface area (Å²) in [5.41, 5.74) is -0.609. The molecule has 0 bridgehead atoms. The minimum atomic E-state index is -0.458. The number of aromatic amines is 1. The van der Waals surface area contributed by atoms with E-state index in [1.54, 1.807) is 0 Å². The van der Waals surface area contributed by atoms with Crippen LogP contribution in [-0.4, -0.2) is 27.3 Å². The zero-order valence-corrected chi connectivity index (χ0v) is 11.4. The van der Waals surface area contributed by atoms with Gasteiger partial charge in [0.1, 0.15) is 5.54 Å². The average molecular weight is 276 g/mol. The lowest BCUT2D eigenvalue weighted by Gasteiger charge is -2.27. The average Bonchev–Trinajstić information content (AvgIpc) is 3.27. The number of nitriles is 1. The van der Waals surface area contributed by atoms with Crippen molar-refractivity contribution >= 4 is 11.8 Å². The first-order valence-corrected chi connectivity index (χ1v) is 7.57. The Morgan fingerprint density at radius 2 is 2.32 bits per heavy atom. The van der Waals surface area contributed by atoms with Crippen LogP contribution in [0.2, 0.25) is 0 Å². The maximum atomic E-state index is 11.2. The van der Waals surface area contributed by atoms with Crippen molar-refractivity contribution in [3.63, 3.8) is 0 Å². The molecule has 19 heavy (non-hydrogen) atoms. The third-order valence-corrected chi connectivity index (χ3v) is 4.68. The summed E-state index contributed by atoms with van der Waals surface area (Å²) in [5.74, 6) is 1.08. The van der Waals surface area contributed by atoms with Gasteiger partial charge in [-0.05, 0) is 31.6 Å². The Bertz CT molecular complexity index is 558. The van der Waals surface area contributed by atoms with E-state index in [9.17, 15) is 10.1 Å². The van der Waals surface area contributed by atoms with Crippen LogP contribution in [0.25, 0.3) is 0 Å². The molecule has 6 heteroatoms. The maximum absolute atomic E-state index is 11.2. The van der Waals surface area contributed by atoms with E-state index in [2.05, 4.69) is 21.4 Å². The number of rotatable bonds is 6. The number of hydrogen-bond donors (Lipinski definition) is 2. The summed E-state index contributed by atoms with van der Waals surface area (Å²) < 4.78 is 0. The fraction of sp³-hybridized carbons (Fsp3) is 0.615. The van der Waals surface area contributed by atoms with Gasteiger partial charge in [-0.3, -0.25) is 10.1 Å². The topological polar surface area (TPSA) is 81.6 Å².